The molecule has 0 bridgehead atoms. The molecule has 0 unspecified atom stereocenters. The number of aromatic nitrogens is 2. The number of amides is 2. The zero-order valence-corrected chi connectivity index (χ0v) is 21.4. The number of hydrogen-bond acceptors (Lipinski definition) is 7. The number of halogens is 1. The molecule has 2 aromatic heterocycles. The van der Waals surface area contributed by atoms with Crippen LogP contribution >= 0.6 is 0 Å². The molecule has 5 rings (SSSR count). The predicted molar refractivity (Wildman–Crippen MR) is 139 cm³/mol. The highest BCUT2D eigenvalue weighted by molar-refractivity contribution is 5.92. The third kappa shape index (κ3) is 5.27. The summed E-state index contributed by atoms with van der Waals surface area (Å²) >= 11 is 0. The fraction of sp³-hybridized carbons (Fsp3) is 0.370. The molecule has 0 spiro atoms. The van der Waals surface area contributed by atoms with Gasteiger partial charge in [-0.2, -0.15) is 0 Å². The Morgan fingerprint density at radius 1 is 1.23 bits per heavy atom. The molecule has 2 fully saturated rings. The van der Waals surface area contributed by atoms with Crippen molar-refractivity contribution in [3.63, 3.8) is 0 Å². The number of anilines is 1. The fourth-order valence-electron chi connectivity index (χ4n) is 4.59. The van der Waals surface area contributed by atoms with Crippen LogP contribution in [0.2, 0.25) is 0 Å². The van der Waals surface area contributed by atoms with E-state index in [2.05, 4.69) is 15.6 Å². The minimum absolute atomic E-state index is 0.00577. The molecule has 3 atom stereocenters. The fourth-order valence-corrected chi connectivity index (χ4v) is 4.59. The van der Waals surface area contributed by atoms with Crippen LogP contribution in [0, 0.1) is 5.82 Å². The maximum atomic E-state index is 15.1. The van der Waals surface area contributed by atoms with Crippen LogP contribution < -0.4 is 21.0 Å². The van der Waals surface area contributed by atoms with Gasteiger partial charge in [-0.25, -0.2) is 19.0 Å². The van der Waals surface area contributed by atoms with Gasteiger partial charge in [-0.1, -0.05) is 30.3 Å². The third-order valence-electron chi connectivity index (χ3n) is 7.12. The Labute approximate surface area is 222 Å². The van der Waals surface area contributed by atoms with E-state index in [9.17, 15) is 24.3 Å². The van der Waals surface area contributed by atoms with Gasteiger partial charge >= 0.3 is 12.1 Å². The second-order valence-corrected chi connectivity index (χ2v) is 9.92. The standard InChI is InChI=1S/C27H28FN5O6/c1-14(29-27(38)39-13-16-6-4-3-5-7-16)25(35)30-21-12-32(15(21)2)24-20(28)10-18-22(34)19(26(36)37)11-33(17-8-9-17)23(18)31-24/h3-7,10-11,14-15,17,21H,8-9,12-13H2,1-2H3,(H,29,38)(H,30,35)(H,36,37)/t14-,15-,21+/m0/s1. The number of carbonyl (C=O) groups excluding carboxylic acids is 2. The van der Waals surface area contributed by atoms with Crippen LogP contribution in [0.25, 0.3) is 11.0 Å². The topological polar surface area (TPSA) is 143 Å². The van der Waals surface area contributed by atoms with Crippen molar-refractivity contribution in [1.29, 1.82) is 0 Å². The number of pyridine rings is 2. The molecule has 2 aliphatic rings. The average Bonchev–Trinajstić information content (AvgIpc) is 3.75. The monoisotopic (exact) mass is 537 g/mol. The first kappa shape index (κ1) is 26.1. The Morgan fingerprint density at radius 3 is 2.59 bits per heavy atom. The molecule has 0 radical (unpaired) electrons. The average molecular weight is 538 g/mol. The number of benzene rings is 1. The lowest BCUT2D eigenvalue weighted by Crippen LogP contribution is -2.67. The second kappa shape index (κ2) is 10.4. The van der Waals surface area contributed by atoms with Crippen LogP contribution in [0.3, 0.4) is 0 Å². The molecule has 1 aliphatic heterocycles. The highest BCUT2D eigenvalue weighted by atomic mass is 19.1. The minimum atomic E-state index is -1.37. The summed E-state index contributed by atoms with van der Waals surface area (Å²) in [6.45, 7) is 3.67. The van der Waals surface area contributed by atoms with Gasteiger partial charge in [0.25, 0.3) is 0 Å². The van der Waals surface area contributed by atoms with E-state index < -0.39 is 40.8 Å². The lowest BCUT2D eigenvalue weighted by Gasteiger charge is -2.47. The quantitative estimate of drug-likeness (QED) is 0.398. The Balaban J connectivity index is 1.23. The molecular formula is C27H28FN5O6. The summed E-state index contributed by atoms with van der Waals surface area (Å²) in [5.74, 6) is -2.52. The number of ether oxygens (including phenoxy) is 1. The molecule has 12 heteroatoms. The van der Waals surface area contributed by atoms with E-state index in [-0.39, 0.29) is 48.1 Å². The number of rotatable bonds is 8. The zero-order valence-electron chi connectivity index (χ0n) is 21.4. The van der Waals surface area contributed by atoms with Crippen LogP contribution in [0.1, 0.15) is 48.7 Å². The zero-order chi connectivity index (χ0) is 27.8. The number of nitrogens with one attached hydrogen (secondary N) is 2. The minimum Gasteiger partial charge on any atom is -0.477 e. The van der Waals surface area contributed by atoms with Crippen molar-refractivity contribution in [3.05, 3.63) is 69.8 Å². The van der Waals surface area contributed by atoms with Gasteiger partial charge in [-0.15, -0.1) is 0 Å². The summed E-state index contributed by atoms with van der Waals surface area (Å²) in [5.41, 5.74) is -0.150. The van der Waals surface area contributed by atoms with Crippen molar-refractivity contribution in [2.45, 2.75) is 57.5 Å². The van der Waals surface area contributed by atoms with Crippen LogP contribution in [0.4, 0.5) is 15.0 Å². The number of aromatic carboxylic acids is 1. The number of alkyl carbamates (subject to hydrolysis) is 1. The van der Waals surface area contributed by atoms with E-state index in [1.807, 2.05) is 30.3 Å². The van der Waals surface area contributed by atoms with E-state index in [1.165, 1.54) is 13.1 Å². The Bertz CT molecular complexity index is 1510. The van der Waals surface area contributed by atoms with Gasteiger partial charge in [-0.3, -0.25) is 9.59 Å². The van der Waals surface area contributed by atoms with Crippen molar-refractivity contribution in [1.82, 2.24) is 20.2 Å². The van der Waals surface area contributed by atoms with Crippen molar-refractivity contribution >= 4 is 34.8 Å². The van der Waals surface area contributed by atoms with Crippen molar-refractivity contribution in [3.8, 4) is 0 Å². The molecule has 204 valence electrons. The number of carboxylic acids is 1. The van der Waals surface area contributed by atoms with Gasteiger partial charge in [0, 0.05) is 24.8 Å². The molecule has 3 aromatic rings. The molecule has 1 saturated carbocycles. The first-order valence-corrected chi connectivity index (χ1v) is 12.7. The maximum Gasteiger partial charge on any atom is 0.408 e. The second-order valence-electron chi connectivity index (χ2n) is 9.92. The van der Waals surface area contributed by atoms with Crippen LogP contribution in [-0.4, -0.2) is 57.3 Å². The molecule has 11 nitrogen and oxygen atoms in total. The van der Waals surface area contributed by atoms with E-state index in [1.54, 1.807) is 16.4 Å². The van der Waals surface area contributed by atoms with Gasteiger partial charge < -0.3 is 29.9 Å². The van der Waals surface area contributed by atoms with E-state index in [0.29, 0.717) is 0 Å². The Kier molecular flexibility index (Phi) is 6.94. The third-order valence-corrected chi connectivity index (χ3v) is 7.12. The number of carbonyl (C=O) groups is 3. The summed E-state index contributed by atoms with van der Waals surface area (Å²) < 4.78 is 21.9. The van der Waals surface area contributed by atoms with Crippen molar-refractivity contribution in [2.75, 3.05) is 11.4 Å². The number of nitrogens with zero attached hydrogens (tertiary/aromatic N) is 3. The van der Waals surface area contributed by atoms with Gasteiger partial charge in [-0.05, 0) is 38.3 Å². The molecule has 39 heavy (non-hydrogen) atoms. The maximum absolute atomic E-state index is 15.1. The van der Waals surface area contributed by atoms with E-state index in [0.717, 1.165) is 24.5 Å². The SMILES string of the molecule is C[C@H](NC(=O)OCc1ccccc1)C(=O)N[C@@H]1CN(c2nc3c(cc2F)c(=O)c(C(=O)O)cn3C2CC2)[C@H]1C. The Hall–Kier alpha value is -4.48. The highest BCUT2D eigenvalue weighted by Crippen LogP contribution is 2.37. The van der Waals surface area contributed by atoms with Crippen molar-refractivity contribution < 1.29 is 28.6 Å². The van der Waals surface area contributed by atoms with Gasteiger partial charge in [0.1, 0.15) is 23.9 Å². The van der Waals surface area contributed by atoms with E-state index >= 15 is 4.39 Å². The molecule has 2 amide bonds. The lowest BCUT2D eigenvalue weighted by molar-refractivity contribution is -0.123. The molecule has 3 heterocycles. The molecule has 1 saturated heterocycles. The first-order chi connectivity index (χ1) is 18.6. The van der Waals surface area contributed by atoms with Gasteiger partial charge in [0.05, 0.1) is 11.4 Å². The van der Waals surface area contributed by atoms with Crippen molar-refractivity contribution in [2.24, 2.45) is 0 Å². The molecule has 1 aromatic carbocycles. The number of hydrogen-bond donors (Lipinski definition) is 3. The van der Waals surface area contributed by atoms with Gasteiger partial charge in [0.2, 0.25) is 11.3 Å². The van der Waals surface area contributed by atoms with Crippen LogP contribution in [-0.2, 0) is 16.1 Å². The van der Waals surface area contributed by atoms with Crippen LogP contribution in [0.15, 0.2) is 47.4 Å². The predicted octanol–water partition coefficient (Wildman–Crippen LogP) is 2.58. The summed E-state index contributed by atoms with van der Waals surface area (Å²) in [5, 5.41) is 14.7. The lowest BCUT2D eigenvalue weighted by atomic mass is 9.97. The highest BCUT2D eigenvalue weighted by Gasteiger charge is 2.40. The summed E-state index contributed by atoms with van der Waals surface area (Å²) in [7, 11) is 0. The summed E-state index contributed by atoms with van der Waals surface area (Å²) in [4.78, 5) is 55.1. The molecule has 1 aliphatic carbocycles. The van der Waals surface area contributed by atoms with Crippen LogP contribution in [0.5, 0.6) is 0 Å². The number of fused-ring (bicyclic) bond motifs is 1. The first-order valence-electron chi connectivity index (χ1n) is 12.7. The molecular weight excluding hydrogens is 509 g/mol. The number of carboxylic acid groups (broad SMARTS) is 1. The largest absolute Gasteiger partial charge is 0.477 e. The smallest absolute Gasteiger partial charge is 0.408 e. The Morgan fingerprint density at radius 2 is 1.95 bits per heavy atom. The van der Waals surface area contributed by atoms with E-state index in [4.69, 9.17) is 4.74 Å². The summed E-state index contributed by atoms with van der Waals surface area (Å²) in [6.07, 6.45) is 2.18. The summed E-state index contributed by atoms with van der Waals surface area (Å²) in [6, 6.07) is 8.67. The molecule has 3 N–H and O–H groups in total. The normalized spacial score (nSPS) is 19.2. The van der Waals surface area contributed by atoms with Gasteiger partial charge in [0.15, 0.2) is 11.6 Å².